The maximum absolute atomic E-state index is 12.9. The highest BCUT2D eigenvalue weighted by atomic mass is 32.1. The highest BCUT2D eigenvalue weighted by molar-refractivity contribution is 7.13. The van der Waals surface area contributed by atoms with Gasteiger partial charge in [0, 0.05) is 11.4 Å². The number of likely N-dealkylation sites (tertiary alicyclic amines) is 1. The average Bonchev–Trinajstić information content (AvgIpc) is 3.35. The third-order valence-electron chi connectivity index (χ3n) is 4.31. The van der Waals surface area contributed by atoms with E-state index >= 15 is 0 Å². The van der Waals surface area contributed by atoms with E-state index < -0.39 is 0 Å². The third kappa shape index (κ3) is 2.72. The van der Waals surface area contributed by atoms with E-state index in [-0.39, 0.29) is 23.1 Å². The van der Waals surface area contributed by atoms with Crippen LogP contribution in [0.1, 0.15) is 34.1 Å². The van der Waals surface area contributed by atoms with Crippen molar-refractivity contribution < 1.29 is 4.79 Å². The van der Waals surface area contributed by atoms with Crippen molar-refractivity contribution in [2.45, 2.75) is 18.9 Å². The van der Waals surface area contributed by atoms with Crippen molar-refractivity contribution in [3.63, 3.8) is 0 Å². The molecule has 1 amide bonds. The van der Waals surface area contributed by atoms with E-state index in [1.165, 1.54) is 4.88 Å². The molecule has 0 bridgehead atoms. The molecule has 1 fully saturated rings. The van der Waals surface area contributed by atoms with Crippen LogP contribution in [0, 0.1) is 0 Å². The fraction of sp³-hybridized carbons (Fsp3) is 0.222. The summed E-state index contributed by atoms with van der Waals surface area (Å²) >= 11 is 3.22. The Morgan fingerprint density at radius 3 is 2.67 bits per heavy atom. The van der Waals surface area contributed by atoms with E-state index in [4.69, 9.17) is 0 Å². The van der Waals surface area contributed by atoms with E-state index in [1.807, 2.05) is 39.9 Å². The number of pyridine rings is 1. The minimum absolute atomic E-state index is 0.0915. The van der Waals surface area contributed by atoms with E-state index in [1.54, 1.807) is 28.7 Å². The fourth-order valence-electron chi connectivity index (χ4n) is 3.16. The minimum atomic E-state index is -0.317. The Balaban J connectivity index is 1.64. The molecule has 0 saturated carbocycles. The van der Waals surface area contributed by atoms with Gasteiger partial charge in [0.05, 0.1) is 16.6 Å². The Bertz CT molecular complexity index is 898. The molecular formula is C18H16N2O2S2. The van der Waals surface area contributed by atoms with Crippen molar-refractivity contribution >= 4 is 28.6 Å². The molecule has 1 atom stereocenters. The molecule has 1 aliphatic rings. The minimum Gasteiger partial charge on any atom is -0.331 e. The number of hydrogen-bond acceptors (Lipinski definition) is 4. The predicted molar refractivity (Wildman–Crippen MR) is 97.7 cm³/mol. The smallest absolute Gasteiger partial charge is 0.261 e. The molecule has 3 aromatic heterocycles. The number of carbonyl (C=O) groups is 1. The normalized spacial score (nSPS) is 17.3. The first-order valence-electron chi connectivity index (χ1n) is 7.85. The second kappa shape index (κ2) is 6.37. The van der Waals surface area contributed by atoms with Crippen molar-refractivity contribution in [1.82, 2.24) is 9.88 Å². The molecule has 1 aliphatic heterocycles. The lowest BCUT2D eigenvalue weighted by atomic mass is 10.1. The summed E-state index contributed by atoms with van der Waals surface area (Å²) in [6, 6.07) is 11.5. The van der Waals surface area contributed by atoms with Crippen LogP contribution in [0.3, 0.4) is 0 Å². The van der Waals surface area contributed by atoms with Gasteiger partial charge in [0.25, 0.3) is 11.5 Å². The number of nitrogens with one attached hydrogen (secondary N) is 1. The molecule has 3 aromatic rings. The molecule has 1 unspecified atom stereocenters. The number of aromatic amines is 1. The molecule has 0 spiro atoms. The van der Waals surface area contributed by atoms with Crippen LogP contribution in [-0.2, 0) is 0 Å². The summed E-state index contributed by atoms with van der Waals surface area (Å²) in [5, 5.41) is 3.99. The van der Waals surface area contributed by atoms with Crippen LogP contribution in [0.5, 0.6) is 0 Å². The summed E-state index contributed by atoms with van der Waals surface area (Å²) in [6.45, 7) is 0.702. The fourth-order valence-corrected chi connectivity index (χ4v) is 4.74. The first-order chi connectivity index (χ1) is 11.7. The number of nitrogens with zero attached hydrogens (tertiary/aromatic N) is 1. The molecule has 0 aromatic carbocycles. The lowest BCUT2D eigenvalue weighted by Gasteiger charge is -2.23. The third-order valence-corrected chi connectivity index (χ3v) is 6.19. The number of hydrogen-bond donors (Lipinski definition) is 1. The zero-order chi connectivity index (χ0) is 16.5. The summed E-state index contributed by atoms with van der Waals surface area (Å²) in [4.78, 5) is 32.2. The molecule has 122 valence electrons. The maximum Gasteiger partial charge on any atom is 0.261 e. The van der Waals surface area contributed by atoms with Gasteiger partial charge in [-0.3, -0.25) is 9.59 Å². The van der Waals surface area contributed by atoms with Gasteiger partial charge < -0.3 is 9.88 Å². The van der Waals surface area contributed by atoms with Gasteiger partial charge in [0.15, 0.2) is 0 Å². The van der Waals surface area contributed by atoms with E-state index in [0.717, 1.165) is 23.4 Å². The average molecular weight is 356 g/mol. The largest absolute Gasteiger partial charge is 0.331 e. The Kier molecular flexibility index (Phi) is 4.08. The monoisotopic (exact) mass is 356 g/mol. The first kappa shape index (κ1) is 15.4. The molecule has 1 saturated heterocycles. The molecule has 4 nitrogen and oxygen atoms in total. The van der Waals surface area contributed by atoms with Crippen LogP contribution < -0.4 is 5.56 Å². The Labute approximate surface area is 147 Å². The quantitative estimate of drug-likeness (QED) is 0.767. The van der Waals surface area contributed by atoms with Crippen molar-refractivity contribution in [3.8, 4) is 10.6 Å². The van der Waals surface area contributed by atoms with Gasteiger partial charge in [-0.15, -0.1) is 22.7 Å². The summed E-state index contributed by atoms with van der Waals surface area (Å²) in [5.41, 5.74) is 0.657. The van der Waals surface area contributed by atoms with Gasteiger partial charge in [-0.2, -0.15) is 0 Å². The lowest BCUT2D eigenvalue weighted by molar-refractivity contribution is 0.0736. The molecule has 0 aliphatic carbocycles. The number of H-pyrrole nitrogens is 1. The zero-order valence-corrected chi connectivity index (χ0v) is 14.5. The van der Waals surface area contributed by atoms with Crippen LogP contribution in [0.25, 0.3) is 10.6 Å². The zero-order valence-electron chi connectivity index (χ0n) is 12.9. The van der Waals surface area contributed by atoms with Gasteiger partial charge in [-0.1, -0.05) is 12.1 Å². The summed E-state index contributed by atoms with van der Waals surface area (Å²) < 4.78 is 0. The standard InChI is InChI=1S/C18H16N2O2S2/c21-17-12(7-8-13(19-17)15-5-2-10-23-15)18(22)20-9-1-4-14(20)16-6-3-11-24-16/h2-3,5-8,10-11,14H,1,4,9H2,(H,19,21). The highest BCUT2D eigenvalue weighted by Gasteiger charge is 2.32. The Morgan fingerprint density at radius 1 is 1.12 bits per heavy atom. The molecule has 4 heterocycles. The number of amides is 1. The molecule has 4 rings (SSSR count). The Hall–Kier alpha value is -2.18. The number of thiophene rings is 2. The second-order valence-corrected chi connectivity index (χ2v) is 7.69. The first-order valence-corrected chi connectivity index (χ1v) is 9.61. The topological polar surface area (TPSA) is 53.2 Å². The van der Waals surface area contributed by atoms with Crippen LogP contribution >= 0.6 is 22.7 Å². The van der Waals surface area contributed by atoms with Gasteiger partial charge in [-0.25, -0.2) is 0 Å². The van der Waals surface area contributed by atoms with Crippen LogP contribution in [-0.4, -0.2) is 22.3 Å². The molecular weight excluding hydrogens is 340 g/mol. The molecule has 24 heavy (non-hydrogen) atoms. The van der Waals surface area contributed by atoms with Gasteiger partial charge >= 0.3 is 0 Å². The summed E-state index contributed by atoms with van der Waals surface area (Å²) in [5.74, 6) is -0.176. The lowest BCUT2D eigenvalue weighted by Crippen LogP contribution is -2.34. The SMILES string of the molecule is O=C(c1ccc(-c2cccs2)[nH]c1=O)N1CCCC1c1cccs1. The predicted octanol–water partition coefficient (Wildman–Crippen LogP) is 4.14. The van der Waals surface area contributed by atoms with Gasteiger partial charge in [0.2, 0.25) is 0 Å². The van der Waals surface area contributed by atoms with E-state index in [0.29, 0.717) is 6.54 Å². The Morgan fingerprint density at radius 2 is 1.96 bits per heavy atom. The van der Waals surface area contributed by atoms with Crippen molar-refractivity contribution in [2.24, 2.45) is 0 Å². The molecule has 1 N–H and O–H groups in total. The second-order valence-electron chi connectivity index (χ2n) is 5.76. The summed E-state index contributed by atoms with van der Waals surface area (Å²) in [7, 11) is 0. The summed E-state index contributed by atoms with van der Waals surface area (Å²) in [6.07, 6.45) is 1.93. The van der Waals surface area contributed by atoms with Crippen molar-refractivity contribution in [1.29, 1.82) is 0 Å². The van der Waals surface area contributed by atoms with Gasteiger partial charge in [-0.05, 0) is 47.9 Å². The van der Waals surface area contributed by atoms with Crippen molar-refractivity contribution in [3.05, 3.63) is 68.0 Å². The van der Waals surface area contributed by atoms with Crippen molar-refractivity contribution in [2.75, 3.05) is 6.54 Å². The molecule has 0 radical (unpaired) electrons. The van der Waals surface area contributed by atoms with Crippen LogP contribution in [0.2, 0.25) is 0 Å². The highest BCUT2D eigenvalue weighted by Crippen LogP contribution is 2.35. The number of rotatable bonds is 3. The van der Waals surface area contributed by atoms with Gasteiger partial charge in [0.1, 0.15) is 5.56 Å². The maximum atomic E-state index is 12.9. The number of carbonyl (C=O) groups excluding carboxylic acids is 1. The number of aromatic nitrogens is 1. The van der Waals surface area contributed by atoms with Crippen LogP contribution in [0.4, 0.5) is 0 Å². The van der Waals surface area contributed by atoms with E-state index in [2.05, 4.69) is 11.1 Å². The molecule has 6 heteroatoms. The van der Waals surface area contributed by atoms with E-state index in [9.17, 15) is 9.59 Å². The van der Waals surface area contributed by atoms with Crippen LogP contribution in [0.15, 0.2) is 52.0 Å².